The van der Waals surface area contributed by atoms with Gasteiger partial charge in [0.05, 0.1) is 16.3 Å². The molecule has 0 aliphatic heterocycles. The molecule has 0 bridgehead atoms. The third-order valence-corrected chi connectivity index (χ3v) is 3.15. The van der Waals surface area contributed by atoms with Gasteiger partial charge in [-0.2, -0.15) is 0 Å². The van der Waals surface area contributed by atoms with Gasteiger partial charge in [-0.15, -0.1) is 0 Å². The molecule has 1 aromatic carbocycles. The van der Waals surface area contributed by atoms with Crippen molar-refractivity contribution in [1.82, 2.24) is 4.57 Å². The summed E-state index contributed by atoms with van der Waals surface area (Å²) in [6.07, 6.45) is 1.58. The number of hydrogen-bond donors (Lipinski definition) is 2. The fourth-order valence-corrected chi connectivity index (χ4v) is 1.97. The average Bonchev–Trinajstić information content (AvgIpc) is 2.43. The SMILES string of the molecule is CCn1cc(NC(=O)c2cc(N)ccc2Cl)ccc1=O. The maximum absolute atomic E-state index is 12.1. The highest BCUT2D eigenvalue weighted by Gasteiger charge is 2.11. The number of carbonyl (C=O) groups excluding carboxylic acids is 1. The van der Waals surface area contributed by atoms with Crippen molar-refractivity contribution in [3.8, 4) is 0 Å². The van der Waals surface area contributed by atoms with Gasteiger partial charge in [0.1, 0.15) is 0 Å². The van der Waals surface area contributed by atoms with Crippen LogP contribution in [0.4, 0.5) is 11.4 Å². The number of pyridine rings is 1. The lowest BCUT2D eigenvalue weighted by Crippen LogP contribution is -2.20. The van der Waals surface area contributed by atoms with Gasteiger partial charge >= 0.3 is 0 Å². The second kappa shape index (κ2) is 5.79. The van der Waals surface area contributed by atoms with E-state index in [1.165, 1.54) is 16.7 Å². The molecular weight excluding hydrogens is 278 g/mol. The largest absolute Gasteiger partial charge is 0.399 e. The minimum atomic E-state index is -0.372. The van der Waals surface area contributed by atoms with E-state index < -0.39 is 0 Å². The fraction of sp³-hybridized carbons (Fsp3) is 0.143. The quantitative estimate of drug-likeness (QED) is 0.852. The third-order valence-electron chi connectivity index (χ3n) is 2.82. The highest BCUT2D eigenvalue weighted by atomic mass is 35.5. The van der Waals surface area contributed by atoms with Crippen molar-refractivity contribution in [1.29, 1.82) is 0 Å². The summed E-state index contributed by atoms with van der Waals surface area (Å²) in [4.78, 5) is 23.6. The van der Waals surface area contributed by atoms with Gasteiger partial charge in [-0.3, -0.25) is 9.59 Å². The molecule has 104 valence electrons. The molecule has 0 saturated heterocycles. The number of aromatic nitrogens is 1. The fourth-order valence-electron chi connectivity index (χ4n) is 1.77. The zero-order valence-corrected chi connectivity index (χ0v) is 11.6. The predicted molar refractivity (Wildman–Crippen MR) is 80.2 cm³/mol. The Morgan fingerprint density at radius 2 is 2.10 bits per heavy atom. The first-order valence-electron chi connectivity index (χ1n) is 6.08. The molecule has 0 saturated carbocycles. The number of nitrogens with one attached hydrogen (secondary N) is 1. The molecule has 0 aliphatic rings. The van der Waals surface area contributed by atoms with Crippen molar-refractivity contribution in [2.24, 2.45) is 0 Å². The summed E-state index contributed by atoms with van der Waals surface area (Å²) in [7, 11) is 0. The number of carbonyl (C=O) groups is 1. The van der Waals surface area contributed by atoms with Crippen LogP contribution in [0.25, 0.3) is 0 Å². The van der Waals surface area contributed by atoms with Crippen molar-refractivity contribution in [3.63, 3.8) is 0 Å². The average molecular weight is 292 g/mol. The Kier molecular flexibility index (Phi) is 4.10. The van der Waals surface area contributed by atoms with Crippen molar-refractivity contribution >= 4 is 28.9 Å². The summed E-state index contributed by atoms with van der Waals surface area (Å²) in [5, 5.41) is 3.01. The van der Waals surface area contributed by atoms with E-state index in [1.54, 1.807) is 24.4 Å². The summed E-state index contributed by atoms with van der Waals surface area (Å²) in [5.74, 6) is -0.372. The van der Waals surface area contributed by atoms with Crippen molar-refractivity contribution in [2.45, 2.75) is 13.5 Å². The van der Waals surface area contributed by atoms with Gasteiger partial charge in [0.2, 0.25) is 0 Å². The number of hydrogen-bond acceptors (Lipinski definition) is 3. The number of nitrogen functional groups attached to an aromatic ring is 1. The number of nitrogens with two attached hydrogens (primary N) is 1. The highest BCUT2D eigenvalue weighted by Crippen LogP contribution is 2.20. The maximum atomic E-state index is 12.1. The Labute approximate surface area is 121 Å². The molecule has 1 heterocycles. The molecule has 0 fully saturated rings. The number of aryl methyl sites for hydroxylation is 1. The molecule has 0 atom stereocenters. The first-order valence-corrected chi connectivity index (χ1v) is 6.46. The Hall–Kier alpha value is -2.27. The molecule has 2 rings (SSSR count). The van der Waals surface area contributed by atoms with Gasteiger partial charge in [0, 0.05) is 24.5 Å². The Morgan fingerprint density at radius 3 is 2.80 bits per heavy atom. The topological polar surface area (TPSA) is 77.1 Å². The molecular formula is C14H14ClN3O2. The van der Waals surface area contributed by atoms with E-state index >= 15 is 0 Å². The Bertz CT molecular complexity index is 710. The monoisotopic (exact) mass is 291 g/mol. The van der Waals surface area contributed by atoms with E-state index in [0.717, 1.165) is 0 Å². The van der Waals surface area contributed by atoms with Crippen LogP contribution in [0.5, 0.6) is 0 Å². The first-order chi connectivity index (χ1) is 9.51. The number of amides is 1. The first kappa shape index (κ1) is 14.1. The second-order valence-electron chi connectivity index (χ2n) is 4.24. The summed E-state index contributed by atoms with van der Waals surface area (Å²) in [5.41, 5.74) is 6.79. The van der Waals surface area contributed by atoms with E-state index in [4.69, 9.17) is 17.3 Å². The molecule has 3 N–H and O–H groups in total. The number of rotatable bonds is 3. The van der Waals surface area contributed by atoms with Gasteiger partial charge in [0.25, 0.3) is 11.5 Å². The molecule has 0 aliphatic carbocycles. The van der Waals surface area contributed by atoms with Crippen LogP contribution in [-0.4, -0.2) is 10.5 Å². The molecule has 20 heavy (non-hydrogen) atoms. The smallest absolute Gasteiger partial charge is 0.257 e. The zero-order chi connectivity index (χ0) is 14.7. The maximum Gasteiger partial charge on any atom is 0.257 e. The van der Waals surface area contributed by atoms with Gasteiger partial charge in [-0.25, -0.2) is 0 Å². The van der Waals surface area contributed by atoms with Gasteiger partial charge < -0.3 is 15.6 Å². The lowest BCUT2D eigenvalue weighted by atomic mass is 10.2. The van der Waals surface area contributed by atoms with E-state index in [1.807, 2.05) is 6.92 Å². The predicted octanol–water partition coefficient (Wildman–Crippen LogP) is 2.36. The van der Waals surface area contributed by atoms with E-state index in [0.29, 0.717) is 28.5 Å². The second-order valence-corrected chi connectivity index (χ2v) is 4.64. The lowest BCUT2D eigenvalue weighted by Gasteiger charge is -2.09. The highest BCUT2D eigenvalue weighted by molar-refractivity contribution is 6.34. The molecule has 6 heteroatoms. The number of nitrogens with zero attached hydrogens (tertiary/aromatic N) is 1. The van der Waals surface area contributed by atoms with Crippen LogP contribution in [0.1, 0.15) is 17.3 Å². The van der Waals surface area contributed by atoms with Gasteiger partial charge in [-0.1, -0.05) is 11.6 Å². The van der Waals surface area contributed by atoms with Crippen molar-refractivity contribution < 1.29 is 4.79 Å². The standard InChI is InChI=1S/C14H14ClN3O2/c1-2-18-8-10(4-6-13(18)19)17-14(20)11-7-9(16)3-5-12(11)15/h3-8H,2,16H2,1H3,(H,17,20). The van der Waals surface area contributed by atoms with Crippen molar-refractivity contribution in [2.75, 3.05) is 11.1 Å². The van der Waals surface area contributed by atoms with Crippen LogP contribution in [0.15, 0.2) is 41.3 Å². The van der Waals surface area contributed by atoms with Gasteiger partial charge in [-0.05, 0) is 31.2 Å². The van der Waals surface area contributed by atoms with Crippen LogP contribution in [0.2, 0.25) is 5.02 Å². The Morgan fingerprint density at radius 1 is 1.35 bits per heavy atom. The molecule has 1 aromatic heterocycles. The molecule has 0 unspecified atom stereocenters. The minimum Gasteiger partial charge on any atom is -0.399 e. The summed E-state index contributed by atoms with van der Waals surface area (Å²) in [6, 6.07) is 7.65. The van der Waals surface area contributed by atoms with E-state index in [-0.39, 0.29) is 11.5 Å². The third kappa shape index (κ3) is 3.00. The molecule has 0 radical (unpaired) electrons. The molecule has 0 spiro atoms. The number of anilines is 2. The van der Waals surface area contributed by atoms with E-state index in [2.05, 4.69) is 5.32 Å². The molecule has 5 nitrogen and oxygen atoms in total. The number of benzene rings is 1. The molecule has 1 amide bonds. The van der Waals surface area contributed by atoms with Crippen molar-refractivity contribution in [3.05, 3.63) is 57.5 Å². The number of halogens is 1. The van der Waals surface area contributed by atoms with Gasteiger partial charge in [0.15, 0.2) is 0 Å². The lowest BCUT2D eigenvalue weighted by molar-refractivity contribution is 0.102. The normalized spacial score (nSPS) is 10.3. The van der Waals surface area contributed by atoms with Crippen LogP contribution in [0, 0.1) is 0 Å². The van der Waals surface area contributed by atoms with Crippen LogP contribution >= 0.6 is 11.6 Å². The van der Waals surface area contributed by atoms with Crippen LogP contribution in [0.3, 0.4) is 0 Å². The summed E-state index contributed by atoms with van der Waals surface area (Å²) >= 11 is 5.97. The summed E-state index contributed by atoms with van der Waals surface area (Å²) < 4.78 is 1.50. The van der Waals surface area contributed by atoms with Crippen LogP contribution < -0.4 is 16.6 Å². The minimum absolute atomic E-state index is 0.118. The molecule has 2 aromatic rings. The zero-order valence-electron chi connectivity index (χ0n) is 10.9. The van der Waals surface area contributed by atoms with Crippen LogP contribution in [-0.2, 0) is 6.54 Å². The van der Waals surface area contributed by atoms with E-state index in [9.17, 15) is 9.59 Å². The summed E-state index contributed by atoms with van der Waals surface area (Å²) in [6.45, 7) is 2.38. The Balaban J connectivity index is 2.28.